The van der Waals surface area contributed by atoms with E-state index in [9.17, 15) is 13.6 Å². The fourth-order valence-corrected chi connectivity index (χ4v) is 3.97. The maximum absolute atomic E-state index is 13.7. The van der Waals surface area contributed by atoms with Gasteiger partial charge in [-0.05, 0) is 67.7 Å². The summed E-state index contributed by atoms with van der Waals surface area (Å²) >= 11 is 0. The second-order valence-corrected chi connectivity index (χ2v) is 7.26. The summed E-state index contributed by atoms with van der Waals surface area (Å²) in [5, 5.41) is 3.00. The lowest BCUT2D eigenvalue weighted by atomic mass is 9.86. The van der Waals surface area contributed by atoms with Gasteiger partial charge in [-0.25, -0.2) is 13.6 Å². The van der Waals surface area contributed by atoms with Gasteiger partial charge in [0, 0.05) is 12.2 Å². The van der Waals surface area contributed by atoms with Crippen LogP contribution in [0.15, 0.2) is 48.5 Å². The van der Waals surface area contributed by atoms with Crippen molar-refractivity contribution >= 4 is 11.7 Å². The zero-order chi connectivity index (χ0) is 18.8. The Morgan fingerprint density at radius 1 is 1.07 bits per heavy atom. The summed E-state index contributed by atoms with van der Waals surface area (Å²) in [5.41, 5.74) is 0.890. The van der Waals surface area contributed by atoms with E-state index < -0.39 is 23.6 Å². The Hall–Kier alpha value is -2.47. The number of halogens is 2. The molecular weight excluding hydrogens is 350 g/mol. The molecule has 0 saturated carbocycles. The molecular formula is C21H22F2N2O2. The number of benzene rings is 2. The maximum atomic E-state index is 13.7. The Morgan fingerprint density at radius 3 is 2.41 bits per heavy atom. The lowest BCUT2D eigenvalue weighted by Crippen LogP contribution is -2.52. The van der Waals surface area contributed by atoms with Crippen LogP contribution < -0.4 is 5.32 Å². The average Bonchev–Trinajstić information content (AvgIpc) is 2.67. The molecule has 0 aromatic heterocycles. The highest BCUT2D eigenvalue weighted by atomic mass is 19.1. The zero-order valence-electron chi connectivity index (χ0n) is 14.9. The molecule has 2 atom stereocenters. The molecule has 4 nitrogen and oxygen atoms in total. The molecule has 3 aliphatic heterocycles. The predicted molar refractivity (Wildman–Crippen MR) is 98.2 cm³/mol. The number of carbonyl (C=O) groups is 1. The van der Waals surface area contributed by atoms with Crippen LogP contribution in [0, 0.1) is 17.6 Å². The van der Waals surface area contributed by atoms with Crippen molar-refractivity contribution < 1.29 is 18.3 Å². The van der Waals surface area contributed by atoms with Gasteiger partial charge in [0.05, 0.1) is 0 Å². The molecule has 0 aliphatic carbocycles. The highest BCUT2D eigenvalue weighted by Crippen LogP contribution is 2.31. The van der Waals surface area contributed by atoms with E-state index in [1.54, 1.807) is 24.3 Å². The first-order chi connectivity index (χ1) is 13.1. The molecule has 3 fully saturated rings. The maximum Gasteiger partial charge on any atom is 0.333 e. The van der Waals surface area contributed by atoms with Gasteiger partial charge in [0.25, 0.3) is 0 Å². The molecule has 0 spiro atoms. The fourth-order valence-electron chi connectivity index (χ4n) is 3.97. The molecule has 27 heavy (non-hydrogen) atoms. The van der Waals surface area contributed by atoms with Crippen molar-refractivity contribution in [2.24, 2.45) is 5.92 Å². The van der Waals surface area contributed by atoms with E-state index in [1.165, 1.54) is 24.3 Å². The number of fused-ring (bicyclic) bond motifs is 3. The summed E-state index contributed by atoms with van der Waals surface area (Å²) in [5.74, 6) is -0.942. The third kappa shape index (κ3) is 4.11. The van der Waals surface area contributed by atoms with Crippen molar-refractivity contribution in [1.82, 2.24) is 4.90 Å². The standard InChI is InChI=1S/C21H22F2N2O2/c22-16-4-1-3-15(11-16)20(24-18-6-2-5-17(23)12-18)21(26)27-19-13-25-9-7-14(19)8-10-25/h1-6,11-12,14,19-20,24H,7-10,13H2. The van der Waals surface area contributed by atoms with Gasteiger partial charge in [0.1, 0.15) is 17.7 Å². The van der Waals surface area contributed by atoms with Crippen molar-refractivity contribution in [2.45, 2.75) is 25.0 Å². The Labute approximate surface area is 157 Å². The summed E-state index contributed by atoms with van der Waals surface area (Å²) in [6, 6.07) is 10.8. The van der Waals surface area contributed by atoms with Gasteiger partial charge in [0.15, 0.2) is 6.04 Å². The third-order valence-corrected chi connectivity index (χ3v) is 5.42. The number of carbonyl (C=O) groups excluding carboxylic acids is 1. The number of hydrogen-bond acceptors (Lipinski definition) is 4. The highest BCUT2D eigenvalue weighted by molar-refractivity contribution is 5.81. The van der Waals surface area contributed by atoms with E-state index in [0.29, 0.717) is 17.2 Å². The van der Waals surface area contributed by atoms with Crippen LogP contribution in [0.2, 0.25) is 0 Å². The number of piperidine rings is 3. The average molecular weight is 372 g/mol. The Bertz CT molecular complexity index is 821. The van der Waals surface area contributed by atoms with Gasteiger partial charge >= 0.3 is 5.97 Å². The van der Waals surface area contributed by atoms with Gasteiger partial charge < -0.3 is 10.1 Å². The van der Waals surface area contributed by atoms with Gasteiger partial charge in [0.2, 0.25) is 0 Å². The van der Waals surface area contributed by atoms with E-state index in [2.05, 4.69) is 10.2 Å². The lowest BCUT2D eigenvalue weighted by molar-refractivity contribution is -0.159. The van der Waals surface area contributed by atoms with Crippen LogP contribution in [0.5, 0.6) is 0 Å². The van der Waals surface area contributed by atoms with E-state index >= 15 is 0 Å². The zero-order valence-corrected chi connectivity index (χ0v) is 14.9. The molecule has 3 saturated heterocycles. The summed E-state index contributed by atoms with van der Waals surface area (Å²) in [7, 11) is 0. The molecule has 1 N–H and O–H groups in total. The fraction of sp³-hybridized carbons (Fsp3) is 0.381. The molecule has 142 valence electrons. The van der Waals surface area contributed by atoms with E-state index in [0.717, 1.165) is 32.5 Å². The van der Waals surface area contributed by atoms with Gasteiger partial charge in [-0.2, -0.15) is 0 Å². The number of anilines is 1. The summed E-state index contributed by atoms with van der Waals surface area (Å²) in [6.45, 7) is 2.84. The molecule has 2 aromatic carbocycles. The molecule has 5 rings (SSSR count). The van der Waals surface area contributed by atoms with Crippen molar-refractivity contribution in [3.63, 3.8) is 0 Å². The van der Waals surface area contributed by atoms with Crippen molar-refractivity contribution in [1.29, 1.82) is 0 Å². The number of ether oxygens (including phenoxy) is 1. The smallest absolute Gasteiger partial charge is 0.333 e. The quantitative estimate of drug-likeness (QED) is 0.812. The van der Waals surface area contributed by atoms with Crippen LogP contribution in [0.3, 0.4) is 0 Å². The van der Waals surface area contributed by atoms with Crippen LogP contribution in [0.4, 0.5) is 14.5 Å². The van der Waals surface area contributed by atoms with Crippen molar-refractivity contribution in [2.75, 3.05) is 25.0 Å². The van der Waals surface area contributed by atoms with Gasteiger partial charge in [-0.1, -0.05) is 18.2 Å². The molecule has 3 heterocycles. The van der Waals surface area contributed by atoms with Crippen LogP contribution in [-0.2, 0) is 9.53 Å². The second kappa shape index (κ2) is 7.64. The second-order valence-electron chi connectivity index (χ2n) is 7.26. The Morgan fingerprint density at radius 2 is 1.78 bits per heavy atom. The molecule has 6 heteroatoms. The Balaban J connectivity index is 1.56. The summed E-state index contributed by atoms with van der Waals surface area (Å²) in [6.07, 6.45) is 1.91. The minimum atomic E-state index is -0.905. The summed E-state index contributed by atoms with van der Waals surface area (Å²) < 4.78 is 33.1. The largest absolute Gasteiger partial charge is 0.459 e. The van der Waals surface area contributed by atoms with E-state index in [1.807, 2.05) is 0 Å². The molecule has 0 radical (unpaired) electrons. The Kier molecular flexibility index (Phi) is 5.07. The molecule has 2 bridgehead atoms. The first-order valence-corrected chi connectivity index (χ1v) is 9.29. The summed E-state index contributed by atoms with van der Waals surface area (Å²) in [4.78, 5) is 15.3. The first kappa shape index (κ1) is 17.9. The molecule has 2 unspecified atom stereocenters. The van der Waals surface area contributed by atoms with E-state index in [-0.39, 0.29) is 6.10 Å². The van der Waals surface area contributed by atoms with Gasteiger partial charge in [-0.15, -0.1) is 0 Å². The van der Waals surface area contributed by atoms with Crippen LogP contribution in [-0.4, -0.2) is 36.6 Å². The lowest BCUT2D eigenvalue weighted by Gasteiger charge is -2.44. The number of rotatable bonds is 5. The van der Waals surface area contributed by atoms with E-state index in [4.69, 9.17) is 4.74 Å². The number of esters is 1. The number of nitrogens with one attached hydrogen (secondary N) is 1. The molecule has 3 aliphatic rings. The number of hydrogen-bond donors (Lipinski definition) is 1. The topological polar surface area (TPSA) is 41.6 Å². The highest BCUT2D eigenvalue weighted by Gasteiger charge is 2.38. The van der Waals surface area contributed by atoms with Crippen LogP contribution in [0.25, 0.3) is 0 Å². The molecule has 0 amide bonds. The van der Waals surface area contributed by atoms with Gasteiger partial charge in [-0.3, -0.25) is 4.90 Å². The van der Waals surface area contributed by atoms with Crippen molar-refractivity contribution in [3.8, 4) is 0 Å². The van der Waals surface area contributed by atoms with Crippen LogP contribution in [0.1, 0.15) is 24.4 Å². The van der Waals surface area contributed by atoms with Crippen LogP contribution >= 0.6 is 0 Å². The molecule has 2 aromatic rings. The first-order valence-electron chi connectivity index (χ1n) is 9.29. The number of nitrogens with zero attached hydrogens (tertiary/aromatic N) is 1. The predicted octanol–water partition coefficient (Wildman–Crippen LogP) is 3.76. The third-order valence-electron chi connectivity index (χ3n) is 5.42. The normalized spacial score (nSPS) is 25.0. The monoisotopic (exact) mass is 372 g/mol. The minimum absolute atomic E-state index is 0.148. The van der Waals surface area contributed by atoms with Crippen molar-refractivity contribution in [3.05, 3.63) is 65.7 Å². The SMILES string of the molecule is O=C(OC1CN2CCC1CC2)C(Nc1cccc(F)c1)c1cccc(F)c1. The minimum Gasteiger partial charge on any atom is -0.459 e.